The van der Waals surface area contributed by atoms with Gasteiger partial charge in [0.15, 0.2) is 5.16 Å². The summed E-state index contributed by atoms with van der Waals surface area (Å²) in [5.74, 6) is 1.85. The van der Waals surface area contributed by atoms with Crippen molar-refractivity contribution in [3.63, 3.8) is 0 Å². The minimum Gasteiger partial charge on any atom is -0.325 e. The van der Waals surface area contributed by atoms with Crippen LogP contribution in [0, 0.1) is 0 Å². The van der Waals surface area contributed by atoms with Crippen molar-refractivity contribution in [3.05, 3.63) is 71.5 Å². The van der Waals surface area contributed by atoms with Crippen LogP contribution < -0.4 is 5.32 Å². The van der Waals surface area contributed by atoms with E-state index in [1.54, 1.807) is 0 Å². The highest BCUT2D eigenvalue weighted by molar-refractivity contribution is 7.99. The van der Waals surface area contributed by atoms with Gasteiger partial charge in [-0.1, -0.05) is 67.2 Å². The lowest BCUT2D eigenvalue weighted by Crippen LogP contribution is -2.16. The van der Waals surface area contributed by atoms with Crippen LogP contribution in [-0.4, -0.2) is 26.4 Å². The van der Waals surface area contributed by atoms with Gasteiger partial charge in [-0.05, 0) is 36.5 Å². The quantitative estimate of drug-likeness (QED) is 0.574. The van der Waals surface area contributed by atoms with E-state index in [0.717, 1.165) is 35.2 Å². The largest absolute Gasteiger partial charge is 0.325 e. The topological polar surface area (TPSA) is 59.8 Å². The van der Waals surface area contributed by atoms with Gasteiger partial charge in [0.25, 0.3) is 0 Å². The number of thioether (sulfide) groups is 1. The number of hydrogen-bond acceptors (Lipinski definition) is 4. The van der Waals surface area contributed by atoms with Crippen LogP contribution in [0.2, 0.25) is 0 Å². The first-order chi connectivity index (χ1) is 13.7. The average molecular weight is 393 g/mol. The van der Waals surface area contributed by atoms with Crippen molar-refractivity contribution in [1.29, 1.82) is 0 Å². The van der Waals surface area contributed by atoms with Crippen LogP contribution in [0.15, 0.2) is 59.8 Å². The van der Waals surface area contributed by atoms with Gasteiger partial charge in [-0.2, -0.15) is 0 Å². The number of anilines is 1. The normalized spacial score (nSPS) is 13.5. The third-order valence-corrected chi connectivity index (χ3v) is 5.84. The highest BCUT2D eigenvalue weighted by Gasteiger charge is 2.30. The van der Waals surface area contributed by atoms with E-state index in [2.05, 4.69) is 39.1 Å². The standard InChI is InChI=1S/C22H24N4OS/c1-2-17-10-6-7-11-19(17)23-20(27)15-28-22-25-24-21(18-12-13-18)26(22)14-16-8-4-3-5-9-16/h3-11,18H,2,12-15H2,1H3,(H,23,27). The van der Waals surface area contributed by atoms with Gasteiger partial charge in [0.1, 0.15) is 5.82 Å². The number of para-hydroxylation sites is 1. The molecule has 1 saturated carbocycles. The molecule has 0 bridgehead atoms. The Hall–Kier alpha value is -2.60. The minimum absolute atomic E-state index is 0.0202. The molecule has 1 fully saturated rings. The van der Waals surface area contributed by atoms with E-state index in [1.165, 1.54) is 30.2 Å². The zero-order valence-electron chi connectivity index (χ0n) is 16.0. The van der Waals surface area contributed by atoms with Crippen LogP contribution in [0.25, 0.3) is 0 Å². The number of aryl methyl sites for hydroxylation is 1. The Morgan fingerprint density at radius 1 is 1.11 bits per heavy atom. The van der Waals surface area contributed by atoms with E-state index in [1.807, 2.05) is 42.5 Å². The fraction of sp³-hybridized carbons (Fsp3) is 0.318. The van der Waals surface area contributed by atoms with Crippen molar-refractivity contribution < 1.29 is 4.79 Å². The smallest absolute Gasteiger partial charge is 0.234 e. The van der Waals surface area contributed by atoms with E-state index >= 15 is 0 Å². The number of carbonyl (C=O) groups is 1. The summed E-state index contributed by atoms with van der Waals surface area (Å²) >= 11 is 1.45. The summed E-state index contributed by atoms with van der Waals surface area (Å²) < 4.78 is 2.17. The molecule has 0 saturated heterocycles. The molecule has 1 amide bonds. The Kier molecular flexibility index (Phi) is 5.76. The third-order valence-electron chi connectivity index (χ3n) is 4.88. The van der Waals surface area contributed by atoms with Crippen LogP contribution in [0.3, 0.4) is 0 Å². The maximum absolute atomic E-state index is 12.5. The number of benzene rings is 2. The number of rotatable bonds is 8. The molecular weight excluding hydrogens is 368 g/mol. The molecule has 6 heteroatoms. The molecule has 3 aromatic rings. The van der Waals surface area contributed by atoms with Crippen molar-refractivity contribution in [3.8, 4) is 0 Å². The fourth-order valence-corrected chi connectivity index (χ4v) is 3.98. The van der Waals surface area contributed by atoms with Gasteiger partial charge in [-0.25, -0.2) is 0 Å². The zero-order valence-corrected chi connectivity index (χ0v) is 16.8. The number of carbonyl (C=O) groups excluding carboxylic acids is 1. The molecule has 1 aliphatic rings. The molecule has 0 aliphatic heterocycles. The second-order valence-electron chi connectivity index (χ2n) is 7.03. The van der Waals surface area contributed by atoms with Crippen molar-refractivity contribution >= 4 is 23.4 Å². The monoisotopic (exact) mass is 392 g/mol. The molecule has 0 atom stereocenters. The molecular formula is C22H24N4OS. The van der Waals surface area contributed by atoms with E-state index in [0.29, 0.717) is 11.7 Å². The molecule has 28 heavy (non-hydrogen) atoms. The van der Waals surface area contributed by atoms with Gasteiger partial charge in [0, 0.05) is 11.6 Å². The van der Waals surface area contributed by atoms with E-state index in [-0.39, 0.29) is 5.91 Å². The Bertz CT molecular complexity index is 950. The van der Waals surface area contributed by atoms with Crippen LogP contribution in [0.4, 0.5) is 5.69 Å². The number of aromatic nitrogens is 3. The number of amides is 1. The summed E-state index contributed by atoms with van der Waals surface area (Å²) in [4.78, 5) is 12.5. The first kappa shape index (κ1) is 18.7. The van der Waals surface area contributed by atoms with Crippen LogP contribution >= 0.6 is 11.8 Å². The predicted molar refractivity (Wildman–Crippen MR) is 113 cm³/mol. The predicted octanol–water partition coefficient (Wildman–Crippen LogP) is 4.50. The lowest BCUT2D eigenvalue weighted by Gasteiger charge is -2.11. The molecule has 4 rings (SSSR count). The first-order valence-corrected chi connectivity index (χ1v) is 10.7. The van der Waals surface area contributed by atoms with Gasteiger partial charge >= 0.3 is 0 Å². The number of nitrogens with zero attached hydrogens (tertiary/aromatic N) is 3. The van der Waals surface area contributed by atoms with Crippen molar-refractivity contribution in [1.82, 2.24) is 14.8 Å². The molecule has 1 heterocycles. The molecule has 5 nitrogen and oxygen atoms in total. The number of hydrogen-bond donors (Lipinski definition) is 1. The van der Waals surface area contributed by atoms with Crippen LogP contribution in [0.1, 0.15) is 42.6 Å². The van der Waals surface area contributed by atoms with Gasteiger partial charge in [0.05, 0.1) is 12.3 Å². The van der Waals surface area contributed by atoms with Gasteiger partial charge in [0.2, 0.25) is 5.91 Å². The Morgan fingerprint density at radius 3 is 2.61 bits per heavy atom. The molecule has 1 aromatic heterocycles. The first-order valence-electron chi connectivity index (χ1n) is 9.72. The van der Waals surface area contributed by atoms with Crippen molar-refractivity contribution in [2.75, 3.05) is 11.1 Å². The second-order valence-corrected chi connectivity index (χ2v) is 7.98. The van der Waals surface area contributed by atoms with Gasteiger partial charge < -0.3 is 9.88 Å². The molecule has 0 spiro atoms. The molecule has 1 N–H and O–H groups in total. The molecule has 0 radical (unpaired) electrons. The van der Waals surface area contributed by atoms with E-state index in [4.69, 9.17) is 0 Å². The Balaban J connectivity index is 1.45. The SMILES string of the molecule is CCc1ccccc1NC(=O)CSc1nnc(C2CC2)n1Cc1ccccc1. The third kappa shape index (κ3) is 4.44. The Labute approximate surface area is 169 Å². The van der Waals surface area contributed by atoms with Crippen LogP contribution in [0.5, 0.6) is 0 Å². The van der Waals surface area contributed by atoms with Crippen LogP contribution in [-0.2, 0) is 17.8 Å². The summed E-state index contributed by atoms with van der Waals surface area (Å²) in [6, 6.07) is 18.3. The lowest BCUT2D eigenvalue weighted by atomic mass is 10.1. The summed E-state index contributed by atoms with van der Waals surface area (Å²) in [6.45, 7) is 2.83. The maximum Gasteiger partial charge on any atom is 0.234 e. The summed E-state index contributed by atoms with van der Waals surface area (Å²) in [5, 5.41) is 12.6. The second kappa shape index (κ2) is 8.61. The highest BCUT2D eigenvalue weighted by atomic mass is 32.2. The number of nitrogens with one attached hydrogen (secondary N) is 1. The Morgan fingerprint density at radius 2 is 1.86 bits per heavy atom. The summed E-state index contributed by atoms with van der Waals surface area (Å²) in [7, 11) is 0. The van der Waals surface area contributed by atoms with Crippen molar-refractivity contribution in [2.45, 2.75) is 43.8 Å². The maximum atomic E-state index is 12.5. The van der Waals surface area contributed by atoms with E-state index < -0.39 is 0 Å². The minimum atomic E-state index is -0.0202. The highest BCUT2D eigenvalue weighted by Crippen LogP contribution is 2.40. The summed E-state index contributed by atoms with van der Waals surface area (Å²) in [6.07, 6.45) is 3.23. The average Bonchev–Trinajstić information content (AvgIpc) is 3.49. The molecule has 2 aromatic carbocycles. The molecule has 0 unspecified atom stereocenters. The molecule has 1 aliphatic carbocycles. The molecule has 144 valence electrons. The van der Waals surface area contributed by atoms with Crippen molar-refractivity contribution in [2.24, 2.45) is 0 Å². The van der Waals surface area contributed by atoms with Gasteiger partial charge in [-0.3, -0.25) is 4.79 Å². The summed E-state index contributed by atoms with van der Waals surface area (Å²) in [5.41, 5.74) is 3.25. The lowest BCUT2D eigenvalue weighted by molar-refractivity contribution is -0.113. The zero-order chi connectivity index (χ0) is 19.3. The fourth-order valence-electron chi connectivity index (χ4n) is 3.23. The van der Waals surface area contributed by atoms with Gasteiger partial charge in [-0.15, -0.1) is 10.2 Å². The van der Waals surface area contributed by atoms with E-state index in [9.17, 15) is 4.79 Å².